The second kappa shape index (κ2) is 6.24. The van der Waals surface area contributed by atoms with Crippen molar-refractivity contribution < 1.29 is 9.53 Å². The third-order valence-electron chi connectivity index (χ3n) is 2.21. The summed E-state index contributed by atoms with van der Waals surface area (Å²) in [5, 5.41) is 9.29. The first-order valence-corrected chi connectivity index (χ1v) is 5.57. The summed E-state index contributed by atoms with van der Waals surface area (Å²) >= 11 is 6.08. The van der Waals surface area contributed by atoms with Crippen molar-refractivity contribution >= 4 is 17.6 Å². The standard InChI is InChI=1S/C12H13ClN2O2/c1-2-17-11(16)5-9-3-8(6-14)4-10(7-15)12(9)13/h3-4H,2,5,7,15H2,1H3. The van der Waals surface area contributed by atoms with Crippen LogP contribution in [0.1, 0.15) is 23.6 Å². The molecule has 0 aliphatic rings. The molecule has 5 heteroatoms. The van der Waals surface area contributed by atoms with Gasteiger partial charge in [0.1, 0.15) is 0 Å². The van der Waals surface area contributed by atoms with Gasteiger partial charge in [-0.2, -0.15) is 5.26 Å². The average molecular weight is 253 g/mol. The second-order valence-corrected chi connectivity index (χ2v) is 3.78. The van der Waals surface area contributed by atoms with Crippen LogP contribution < -0.4 is 5.73 Å². The predicted molar refractivity (Wildman–Crippen MR) is 64.4 cm³/mol. The summed E-state index contributed by atoms with van der Waals surface area (Å²) in [4.78, 5) is 11.4. The zero-order valence-electron chi connectivity index (χ0n) is 9.50. The Morgan fingerprint density at radius 1 is 1.53 bits per heavy atom. The average Bonchev–Trinajstić information content (AvgIpc) is 2.32. The van der Waals surface area contributed by atoms with Crippen molar-refractivity contribution in [2.45, 2.75) is 19.9 Å². The molecule has 0 unspecified atom stereocenters. The van der Waals surface area contributed by atoms with Crippen molar-refractivity contribution in [1.29, 1.82) is 5.26 Å². The predicted octanol–water partition coefficient (Wildman–Crippen LogP) is 1.78. The number of rotatable bonds is 4. The highest BCUT2D eigenvalue weighted by atomic mass is 35.5. The van der Waals surface area contributed by atoms with Crippen LogP contribution in [0.5, 0.6) is 0 Å². The molecule has 0 atom stereocenters. The van der Waals surface area contributed by atoms with E-state index < -0.39 is 0 Å². The lowest BCUT2D eigenvalue weighted by molar-refractivity contribution is -0.142. The number of carbonyl (C=O) groups excluding carboxylic acids is 1. The quantitative estimate of drug-likeness (QED) is 0.829. The largest absolute Gasteiger partial charge is 0.466 e. The Labute approximate surface area is 105 Å². The van der Waals surface area contributed by atoms with Crippen LogP contribution in [0, 0.1) is 11.3 Å². The van der Waals surface area contributed by atoms with Crippen LogP contribution in [0.15, 0.2) is 12.1 Å². The van der Waals surface area contributed by atoms with Gasteiger partial charge in [-0.15, -0.1) is 0 Å². The molecule has 17 heavy (non-hydrogen) atoms. The monoisotopic (exact) mass is 252 g/mol. The third-order valence-corrected chi connectivity index (χ3v) is 2.70. The van der Waals surface area contributed by atoms with Crippen molar-refractivity contribution in [2.24, 2.45) is 5.73 Å². The van der Waals surface area contributed by atoms with E-state index in [1.165, 1.54) is 0 Å². The van der Waals surface area contributed by atoms with E-state index in [4.69, 9.17) is 27.3 Å². The molecule has 0 saturated heterocycles. The lowest BCUT2D eigenvalue weighted by Crippen LogP contribution is -2.09. The maximum Gasteiger partial charge on any atom is 0.310 e. The van der Waals surface area contributed by atoms with Gasteiger partial charge in [0.25, 0.3) is 0 Å². The highest BCUT2D eigenvalue weighted by molar-refractivity contribution is 6.32. The molecule has 0 spiro atoms. The summed E-state index contributed by atoms with van der Waals surface area (Å²) in [5.74, 6) is -0.368. The number of carbonyl (C=O) groups is 1. The van der Waals surface area contributed by atoms with Gasteiger partial charge < -0.3 is 10.5 Å². The van der Waals surface area contributed by atoms with Crippen molar-refractivity contribution in [1.82, 2.24) is 0 Å². The first-order chi connectivity index (χ1) is 8.12. The number of esters is 1. The Morgan fingerprint density at radius 2 is 2.18 bits per heavy atom. The molecule has 1 aromatic rings. The normalized spacial score (nSPS) is 9.76. The van der Waals surface area contributed by atoms with Crippen LogP contribution in [0.2, 0.25) is 5.02 Å². The molecule has 0 aliphatic heterocycles. The second-order valence-electron chi connectivity index (χ2n) is 3.41. The molecule has 0 bridgehead atoms. The SMILES string of the molecule is CCOC(=O)Cc1cc(C#N)cc(CN)c1Cl. The zero-order chi connectivity index (χ0) is 12.8. The molecule has 90 valence electrons. The van der Waals surface area contributed by atoms with Gasteiger partial charge >= 0.3 is 5.97 Å². The maximum absolute atomic E-state index is 11.4. The number of halogens is 1. The minimum absolute atomic E-state index is 0.0508. The summed E-state index contributed by atoms with van der Waals surface area (Å²) in [5.41, 5.74) is 7.19. The van der Waals surface area contributed by atoms with Crippen molar-refractivity contribution in [3.05, 3.63) is 33.8 Å². The molecule has 0 radical (unpaired) electrons. The molecule has 0 heterocycles. The van der Waals surface area contributed by atoms with Gasteiger partial charge in [0.05, 0.1) is 24.7 Å². The molecule has 0 aromatic heterocycles. The number of ether oxygens (including phenoxy) is 1. The molecular formula is C12H13ClN2O2. The van der Waals surface area contributed by atoms with Crippen molar-refractivity contribution in [2.75, 3.05) is 6.61 Å². The van der Waals surface area contributed by atoms with Gasteiger partial charge in [0.2, 0.25) is 0 Å². The van der Waals surface area contributed by atoms with E-state index in [9.17, 15) is 4.79 Å². The lowest BCUT2D eigenvalue weighted by Gasteiger charge is -2.09. The molecule has 0 aliphatic carbocycles. The summed E-state index contributed by atoms with van der Waals surface area (Å²) in [6.45, 7) is 2.28. The zero-order valence-corrected chi connectivity index (χ0v) is 10.3. The summed E-state index contributed by atoms with van der Waals surface area (Å²) in [6, 6.07) is 5.21. The van der Waals surface area contributed by atoms with E-state index in [1.54, 1.807) is 19.1 Å². The third kappa shape index (κ3) is 3.45. The molecule has 0 saturated carbocycles. The van der Waals surface area contributed by atoms with Crippen LogP contribution in [-0.4, -0.2) is 12.6 Å². The fourth-order valence-electron chi connectivity index (χ4n) is 1.46. The molecule has 1 aromatic carbocycles. The molecule has 4 nitrogen and oxygen atoms in total. The Bertz CT molecular complexity index is 466. The van der Waals surface area contributed by atoms with E-state index in [1.807, 2.05) is 6.07 Å². The maximum atomic E-state index is 11.4. The Balaban J connectivity index is 3.06. The van der Waals surface area contributed by atoms with E-state index in [0.717, 1.165) is 0 Å². The van der Waals surface area contributed by atoms with Crippen LogP contribution in [0.25, 0.3) is 0 Å². The minimum Gasteiger partial charge on any atom is -0.466 e. The van der Waals surface area contributed by atoms with Crippen LogP contribution in [-0.2, 0) is 22.5 Å². The van der Waals surface area contributed by atoms with E-state index in [0.29, 0.717) is 28.3 Å². The summed E-state index contributed by atoms with van der Waals surface area (Å²) in [6.07, 6.45) is 0.0508. The van der Waals surface area contributed by atoms with E-state index >= 15 is 0 Å². The Hall–Kier alpha value is -1.57. The lowest BCUT2D eigenvalue weighted by atomic mass is 10.0. The van der Waals surface area contributed by atoms with Gasteiger partial charge in [-0.3, -0.25) is 4.79 Å². The van der Waals surface area contributed by atoms with Gasteiger partial charge in [-0.05, 0) is 30.2 Å². The number of nitriles is 1. The number of benzene rings is 1. The summed E-state index contributed by atoms with van der Waals surface area (Å²) in [7, 11) is 0. The first kappa shape index (κ1) is 13.5. The van der Waals surface area contributed by atoms with E-state index in [-0.39, 0.29) is 18.9 Å². The smallest absolute Gasteiger partial charge is 0.310 e. The highest BCUT2D eigenvalue weighted by Crippen LogP contribution is 2.23. The van der Waals surface area contributed by atoms with Gasteiger partial charge in [-0.1, -0.05) is 11.6 Å². The number of hydrogen-bond donors (Lipinski definition) is 1. The van der Waals surface area contributed by atoms with Crippen LogP contribution in [0.4, 0.5) is 0 Å². The number of nitrogens with zero attached hydrogens (tertiary/aromatic N) is 1. The number of nitrogens with two attached hydrogens (primary N) is 1. The Kier molecular flexibility index (Phi) is 4.95. The number of hydrogen-bond acceptors (Lipinski definition) is 4. The minimum atomic E-state index is -0.368. The van der Waals surface area contributed by atoms with E-state index in [2.05, 4.69) is 0 Å². The van der Waals surface area contributed by atoms with Crippen molar-refractivity contribution in [3.8, 4) is 6.07 Å². The first-order valence-electron chi connectivity index (χ1n) is 5.19. The van der Waals surface area contributed by atoms with Crippen molar-refractivity contribution in [3.63, 3.8) is 0 Å². The summed E-state index contributed by atoms with van der Waals surface area (Å²) < 4.78 is 4.84. The van der Waals surface area contributed by atoms with Gasteiger partial charge in [0, 0.05) is 11.6 Å². The Morgan fingerprint density at radius 3 is 2.71 bits per heavy atom. The van der Waals surface area contributed by atoms with Gasteiger partial charge in [-0.25, -0.2) is 0 Å². The molecule has 1 rings (SSSR count). The fourth-order valence-corrected chi connectivity index (χ4v) is 1.71. The molecule has 0 fully saturated rings. The van der Waals surface area contributed by atoms with Crippen LogP contribution in [0.3, 0.4) is 0 Å². The molecule has 0 amide bonds. The van der Waals surface area contributed by atoms with Crippen LogP contribution >= 0.6 is 11.6 Å². The highest BCUT2D eigenvalue weighted by Gasteiger charge is 2.12. The molecular weight excluding hydrogens is 240 g/mol. The topological polar surface area (TPSA) is 76.1 Å². The fraction of sp³-hybridized carbons (Fsp3) is 0.333. The van der Waals surface area contributed by atoms with Gasteiger partial charge in [0.15, 0.2) is 0 Å². The molecule has 2 N–H and O–H groups in total.